The van der Waals surface area contributed by atoms with Crippen LogP contribution in [-0.2, 0) is 0 Å². The molecule has 1 aliphatic carbocycles. The van der Waals surface area contributed by atoms with Crippen molar-refractivity contribution in [2.24, 2.45) is 0 Å². The molecule has 1 unspecified atom stereocenters. The molecule has 0 bridgehead atoms. The molecule has 15 heavy (non-hydrogen) atoms. The fourth-order valence-electron chi connectivity index (χ4n) is 2.66. The average molecular weight is 214 g/mol. The van der Waals surface area contributed by atoms with Crippen molar-refractivity contribution in [1.82, 2.24) is 10.6 Å². The molecule has 92 valence electrons. The van der Waals surface area contributed by atoms with Crippen LogP contribution in [0.4, 0.5) is 0 Å². The Kier molecular flexibility index (Phi) is 5.28. The van der Waals surface area contributed by atoms with Crippen LogP contribution in [0.2, 0.25) is 0 Å². The van der Waals surface area contributed by atoms with Gasteiger partial charge < -0.3 is 10.6 Å². The van der Waals surface area contributed by atoms with E-state index in [1.807, 2.05) is 13.8 Å². The maximum absolute atomic E-state index is 3.77. The Morgan fingerprint density at radius 2 is 1.67 bits per heavy atom. The molecule has 0 amide bonds. The van der Waals surface area contributed by atoms with Crippen LogP contribution in [0.15, 0.2) is 0 Å². The van der Waals surface area contributed by atoms with E-state index < -0.39 is 0 Å². The van der Waals surface area contributed by atoms with Crippen LogP contribution in [0, 0.1) is 0 Å². The lowest BCUT2D eigenvalue weighted by Crippen LogP contribution is -2.57. The van der Waals surface area contributed by atoms with Crippen LogP contribution in [-0.4, -0.2) is 24.2 Å². The quantitative estimate of drug-likeness (QED) is 0.701. The van der Waals surface area contributed by atoms with E-state index in [0.717, 1.165) is 6.04 Å². The monoisotopic (exact) mass is 214 g/mol. The molecule has 0 aromatic heterocycles. The predicted octanol–water partition coefficient (Wildman–Crippen LogP) is 2.93. The molecule has 1 saturated heterocycles. The van der Waals surface area contributed by atoms with Gasteiger partial charge in [-0.1, -0.05) is 21.3 Å². The summed E-state index contributed by atoms with van der Waals surface area (Å²) in [5.41, 5.74) is 0.859. The van der Waals surface area contributed by atoms with Gasteiger partial charge in [-0.25, -0.2) is 0 Å². The zero-order valence-corrected chi connectivity index (χ0v) is 10.4. The summed E-state index contributed by atoms with van der Waals surface area (Å²) in [6, 6.07) is 0.726. The summed E-state index contributed by atoms with van der Waals surface area (Å²) < 4.78 is 0. The molecule has 2 heteroatoms. The number of hydrogen-bond acceptors (Lipinski definition) is 2. The van der Waals surface area contributed by atoms with E-state index in [4.69, 9.17) is 0 Å². The molecule has 2 N–H and O–H groups in total. The summed E-state index contributed by atoms with van der Waals surface area (Å²) in [6.45, 7) is 8.63. The van der Waals surface area contributed by atoms with Crippen LogP contribution >= 0.6 is 0 Å². The third kappa shape index (κ3) is 3.76. The molecule has 0 aromatic rings. The molecular weight excluding hydrogens is 184 g/mol. The second-order valence-electron chi connectivity index (χ2n) is 5.18. The van der Waals surface area contributed by atoms with E-state index in [1.54, 1.807) is 0 Å². The molecule has 0 radical (unpaired) electrons. The third-order valence-corrected chi connectivity index (χ3v) is 3.26. The lowest BCUT2D eigenvalue weighted by atomic mass is 9.84. The van der Waals surface area contributed by atoms with Crippen LogP contribution in [0.1, 0.15) is 60.8 Å². The molecule has 1 aliphatic heterocycles. The maximum Gasteiger partial charge on any atom is 0.0202 e. The van der Waals surface area contributed by atoms with Crippen LogP contribution in [0.3, 0.4) is 0 Å². The zero-order chi connectivity index (χ0) is 10.8. The molecular formula is C13H30N2. The van der Waals surface area contributed by atoms with Crippen molar-refractivity contribution in [1.29, 1.82) is 0 Å². The van der Waals surface area contributed by atoms with Gasteiger partial charge in [0.05, 0.1) is 0 Å². The molecule has 1 heterocycles. The largest absolute Gasteiger partial charge is 0.317 e. The summed E-state index contributed by atoms with van der Waals surface area (Å²) in [4.78, 5) is 0. The Balaban J connectivity index is 0.000000617. The molecule has 2 rings (SSSR count). The molecule has 2 aliphatic rings. The summed E-state index contributed by atoms with van der Waals surface area (Å²) in [5, 5.41) is 7.18. The highest BCUT2D eigenvalue weighted by Crippen LogP contribution is 2.45. The van der Waals surface area contributed by atoms with Crippen LogP contribution in [0.5, 0.6) is 0 Å². The molecule has 1 spiro atoms. The Morgan fingerprint density at radius 3 is 2.07 bits per heavy atom. The fraction of sp³-hybridized carbons (Fsp3) is 1.00. The van der Waals surface area contributed by atoms with Crippen molar-refractivity contribution in [3.8, 4) is 0 Å². The smallest absolute Gasteiger partial charge is 0.0202 e. The number of hydrogen-bond donors (Lipinski definition) is 2. The maximum atomic E-state index is 3.77. The number of piperidine rings is 1. The second kappa shape index (κ2) is 5.31. The van der Waals surface area contributed by atoms with Crippen molar-refractivity contribution in [3.05, 3.63) is 0 Å². The molecule has 1 atom stereocenters. The lowest BCUT2D eigenvalue weighted by Gasteiger charge is -2.42. The Morgan fingerprint density at radius 1 is 1.13 bits per heavy atom. The normalized spacial score (nSPS) is 29.8. The van der Waals surface area contributed by atoms with Crippen molar-refractivity contribution in [2.75, 3.05) is 7.05 Å². The first kappa shape index (κ1) is 14.9. The average Bonchev–Trinajstić information content (AvgIpc) is 2.85. The SMILES string of the molecule is C.CC.CNC1CC(C)(C)NC2(CC2)C1. The molecule has 2 nitrogen and oxygen atoms in total. The van der Waals surface area contributed by atoms with Gasteiger partial charge >= 0.3 is 0 Å². The first-order chi connectivity index (χ1) is 6.55. The molecule has 0 aromatic carbocycles. The van der Waals surface area contributed by atoms with Crippen LogP contribution < -0.4 is 10.6 Å². The van der Waals surface area contributed by atoms with E-state index >= 15 is 0 Å². The van der Waals surface area contributed by atoms with Gasteiger partial charge in [-0.2, -0.15) is 0 Å². The number of rotatable bonds is 1. The Labute approximate surface area is 96.2 Å². The van der Waals surface area contributed by atoms with Gasteiger partial charge in [-0.3, -0.25) is 0 Å². The van der Waals surface area contributed by atoms with Gasteiger partial charge in [0.2, 0.25) is 0 Å². The van der Waals surface area contributed by atoms with E-state index in [2.05, 4.69) is 31.5 Å². The predicted molar refractivity (Wildman–Crippen MR) is 69.3 cm³/mol. The summed E-state index contributed by atoms with van der Waals surface area (Å²) in [7, 11) is 2.09. The van der Waals surface area contributed by atoms with Gasteiger partial charge in [-0.05, 0) is 46.6 Å². The first-order valence-electron chi connectivity index (χ1n) is 6.02. The van der Waals surface area contributed by atoms with E-state index in [-0.39, 0.29) is 7.43 Å². The first-order valence-corrected chi connectivity index (χ1v) is 6.02. The van der Waals surface area contributed by atoms with Gasteiger partial charge in [0.15, 0.2) is 0 Å². The summed E-state index contributed by atoms with van der Waals surface area (Å²) in [5.74, 6) is 0. The van der Waals surface area contributed by atoms with E-state index in [0.29, 0.717) is 11.1 Å². The highest BCUT2D eigenvalue weighted by atomic mass is 15.1. The Hall–Kier alpha value is -0.0800. The number of nitrogens with one attached hydrogen (secondary N) is 2. The van der Waals surface area contributed by atoms with Gasteiger partial charge in [0, 0.05) is 17.1 Å². The minimum Gasteiger partial charge on any atom is -0.317 e. The van der Waals surface area contributed by atoms with Crippen molar-refractivity contribution < 1.29 is 0 Å². The zero-order valence-electron chi connectivity index (χ0n) is 10.4. The Bertz CT molecular complexity index is 177. The molecule has 1 saturated carbocycles. The van der Waals surface area contributed by atoms with Crippen molar-refractivity contribution in [2.45, 2.75) is 77.9 Å². The van der Waals surface area contributed by atoms with Crippen molar-refractivity contribution >= 4 is 0 Å². The lowest BCUT2D eigenvalue weighted by molar-refractivity contribution is 0.191. The van der Waals surface area contributed by atoms with E-state index in [1.165, 1.54) is 25.7 Å². The molecule has 2 fully saturated rings. The summed E-state index contributed by atoms with van der Waals surface area (Å²) >= 11 is 0. The highest BCUT2D eigenvalue weighted by molar-refractivity contribution is 5.11. The van der Waals surface area contributed by atoms with Crippen LogP contribution in [0.25, 0.3) is 0 Å². The highest BCUT2D eigenvalue weighted by Gasteiger charge is 2.50. The topological polar surface area (TPSA) is 24.1 Å². The van der Waals surface area contributed by atoms with Gasteiger partial charge in [0.25, 0.3) is 0 Å². The second-order valence-corrected chi connectivity index (χ2v) is 5.18. The fourth-order valence-corrected chi connectivity index (χ4v) is 2.66. The summed E-state index contributed by atoms with van der Waals surface area (Å²) in [6.07, 6.45) is 5.35. The standard InChI is InChI=1S/C10H20N2.C2H6.CH4/c1-9(2)6-8(11-3)7-10(12-9)4-5-10;1-2;/h8,11-12H,4-7H2,1-3H3;1-2H3;1H4. The minimum absolute atomic E-state index is 0. The van der Waals surface area contributed by atoms with Gasteiger partial charge in [0.1, 0.15) is 0 Å². The van der Waals surface area contributed by atoms with Crippen molar-refractivity contribution in [3.63, 3.8) is 0 Å². The third-order valence-electron chi connectivity index (χ3n) is 3.26. The van der Waals surface area contributed by atoms with E-state index in [9.17, 15) is 0 Å². The minimum atomic E-state index is 0. The van der Waals surface area contributed by atoms with Gasteiger partial charge in [-0.15, -0.1) is 0 Å².